The molecule has 0 radical (unpaired) electrons. The Morgan fingerprint density at radius 2 is 2.12 bits per heavy atom. The molecule has 86 valence electrons. The second-order valence-corrected chi connectivity index (χ2v) is 4.68. The van der Waals surface area contributed by atoms with Gasteiger partial charge in [-0.2, -0.15) is 0 Å². The van der Waals surface area contributed by atoms with Crippen LogP contribution in [0.25, 0.3) is 0 Å². The molecular weight excluding hydrogens is 249 g/mol. The fourth-order valence-electron chi connectivity index (χ4n) is 1.88. The Hall–Kier alpha value is -0.930. The number of nitrogens with zero attached hydrogens (tertiary/aromatic N) is 1. The van der Waals surface area contributed by atoms with E-state index in [4.69, 9.17) is 28.3 Å². The van der Waals surface area contributed by atoms with Crippen LogP contribution in [0.2, 0.25) is 10.0 Å². The minimum Gasteiger partial charge on any atom is -0.481 e. The number of anilines is 1. The molecule has 2 rings (SSSR count). The first-order valence-electron chi connectivity index (χ1n) is 5.00. The lowest BCUT2D eigenvalue weighted by Crippen LogP contribution is -2.22. The van der Waals surface area contributed by atoms with Crippen molar-refractivity contribution in [1.82, 2.24) is 0 Å². The Labute approximate surface area is 104 Å². The minimum absolute atomic E-state index is 0.283. The highest BCUT2D eigenvalue weighted by Gasteiger charge is 2.28. The van der Waals surface area contributed by atoms with E-state index in [2.05, 4.69) is 0 Å². The minimum atomic E-state index is -0.734. The number of benzene rings is 1. The van der Waals surface area contributed by atoms with Gasteiger partial charge in [-0.15, -0.1) is 0 Å². The molecule has 1 fully saturated rings. The SMILES string of the molecule is O=C(O)C1CCN(c2ccc(Cl)c(Cl)c2)C1. The van der Waals surface area contributed by atoms with Crippen molar-refractivity contribution >= 4 is 34.9 Å². The van der Waals surface area contributed by atoms with Crippen LogP contribution < -0.4 is 4.90 Å². The summed E-state index contributed by atoms with van der Waals surface area (Å²) in [6.07, 6.45) is 0.676. The van der Waals surface area contributed by atoms with E-state index in [0.29, 0.717) is 23.0 Å². The standard InChI is InChI=1S/C11H11Cl2NO2/c12-9-2-1-8(5-10(9)13)14-4-3-7(6-14)11(15)16/h1-2,5,7H,3-4,6H2,(H,15,16). The van der Waals surface area contributed by atoms with E-state index in [1.54, 1.807) is 12.1 Å². The van der Waals surface area contributed by atoms with Gasteiger partial charge < -0.3 is 10.0 Å². The van der Waals surface area contributed by atoms with Crippen molar-refractivity contribution in [3.8, 4) is 0 Å². The third-order valence-corrected chi connectivity index (χ3v) is 3.54. The van der Waals surface area contributed by atoms with Gasteiger partial charge in [-0.25, -0.2) is 0 Å². The third-order valence-electron chi connectivity index (χ3n) is 2.81. The largest absolute Gasteiger partial charge is 0.481 e. The summed E-state index contributed by atoms with van der Waals surface area (Å²) < 4.78 is 0. The Kier molecular flexibility index (Phi) is 3.26. The van der Waals surface area contributed by atoms with Gasteiger partial charge in [0.05, 0.1) is 16.0 Å². The quantitative estimate of drug-likeness (QED) is 0.888. The molecular formula is C11H11Cl2NO2. The molecule has 0 aromatic heterocycles. The molecule has 1 atom stereocenters. The molecule has 1 aromatic carbocycles. The zero-order valence-corrected chi connectivity index (χ0v) is 10.0. The van der Waals surface area contributed by atoms with Crippen LogP contribution in [-0.4, -0.2) is 24.2 Å². The molecule has 1 aromatic rings. The maximum atomic E-state index is 10.8. The third kappa shape index (κ3) is 2.25. The molecule has 0 spiro atoms. The second kappa shape index (κ2) is 4.52. The van der Waals surface area contributed by atoms with Crippen molar-refractivity contribution in [1.29, 1.82) is 0 Å². The molecule has 1 saturated heterocycles. The van der Waals surface area contributed by atoms with Crippen molar-refractivity contribution in [3.63, 3.8) is 0 Å². The molecule has 1 aliphatic heterocycles. The molecule has 5 heteroatoms. The number of carbonyl (C=O) groups is 1. The number of carboxylic acids is 1. The van der Waals surface area contributed by atoms with Gasteiger partial charge in [-0.1, -0.05) is 23.2 Å². The molecule has 0 bridgehead atoms. The first kappa shape index (κ1) is 11.6. The van der Waals surface area contributed by atoms with Crippen LogP contribution in [0.5, 0.6) is 0 Å². The molecule has 0 amide bonds. The maximum Gasteiger partial charge on any atom is 0.308 e. The predicted octanol–water partition coefficient (Wildman–Crippen LogP) is 2.90. The molecule has 1 aliphatic rings. The van der Waals surface area contributed by atoms with Crippen LogP contribution in [0, 0.1) is 5.92 Å². The monoisotopic (exact) mass is 259 g/mol. The van der Waals surface area contributed by atoms with Crippen molar-refractivity contribution in [3.05, 3.63) is 28.2 Å². The van der Waals surface area contributed by atoms with E-state index in [9.17, 15) is 4.79 Å². The van der Waals surface area contributed by atoms with Crippen molar-refractivity contribution in [2.45, 2.75) is 6.42 Å². The van der Waals surface area contributed by atoms with E-state index >= 15 is 0 Å². The first-order chi connectivity index (χ1) is 7.58. The Morgan fingerprint density at radius 1 is 1.38 bits per heavy atom. The fourth-order valence-corrected chi connectivity index (χ4v) is 2.17. The van der Waals surface area contributed by atoms with Crippen LogP contribution in [0.15, 0.2) is 18.2 Å². The Balaban J connectivity index is 2.14. The topological polar surface area (TPSA) is 40.5 Å². The van der Waals surface area contributed by atoms with Crippen LogP contribution >= 0.6 is 23.2 Å². The maximum absolute atomic E-state index is 10.8. The zero-order valence-electron chi connectivity index (χ0n) is 8.49. The molecule has 0 aliphatic carbocycles. The number of halogens is 2. The summed E-state index contributed by atoms with van der Waals surface area (Å²) in [6, 6.07) is 5.36. The van der Waals surface area contributed by atoms with Gasteiger partial charge in [0, 0.05) is 18.8 Å². The van der Waals surface area contributed by atoms with E-state index in [1.807, 2.05) is 11.0 Å². The fraction of sp³-hybridized carbons (Fsp3) is 0.364. The lowest BCUT2D eigenvalue weighted by Gasteiger charge is -2.18. The van der Waals surface area contributed by atoms with Crippen molar-refractivity contribution < 1.29 is 9.90 Å². The van der Waals surface area contributed by atoms with E-state index in [1.165, 1.54) is 0 Å². The molecule has 3 nitrogen and oxygen atoms in total. The summed E-state index contributed by atoms with van der Waals surface area (Å²) in [7, 11) is 0. The summed E-state index contributed by atoms with van der Waals surface area (Å²) in [5, 5.41) is 9.91. The molecule has 1 N–H and O–H groups in total. The number of hydrogen-bond donors (Lipinski definition) is 1. The predicted molar refractivity (Wildman–Crippen MR) is 64.4 cm³/mol. The highest BCUT2D eigenvalue weighted by Crippen LogP contribution is 2.30. The lowest BCUT2D eigenvalue weighted by atomic mass is 10.1. The molecule has 1 heterocycles. The van der Waals surface area contributed by atoms with Gasteiger partial charge in [0.2, 0.25) is 0 Å². The summed E-state index contributed by atoms with van der Waals surface area (Å²) in [6.45, 7) is 1.28. The van der Waals surface area contributed by atoms with E-state index < -0.39 is 5.97 Å². The average Bonchev–Trinajstić information content (AvgIpc) is 2.71. The van der Waals surface area contributed by atoms with Crippen LogP contribution in [-0.2, 0) is 4.79 Å². The van der Waals surface area contributed by atoms with Gasteiger partial charge in [0.15, 0.2) is 0 Å². The summed E-state index contributed by atoms with van der Waals surface area (Å²) in [5.74, 6) is -1.02. The molecule has 16 heavy (non-hydrogen) atoms. The van der Waals surface area contributed by atoms with Gasteiger partial charge in [-0.05, 0) is 24.6 Å². The van der Waals surface area contributed by atoms with Gasteiger partial charge in [0.25, 0.3) is 0 Å². The first-order valence-corrected chi connectivity index (χ1v) is 5.76. The number of aliphatic carboxylic acids is 1. The van der Waals surface area contributed by atoms with Crippen LogP contribution in [0.4, 0.5) is 5.69 Å². The zero-order chi connectivity index (χ0) is 11.7. The Bertz CT molecular complexity index is 422. The highest BCUT2D eigenvalue weighted by atomic mass is 35.5. The highest BCUT2D eigenvalue weighted by molar-refractivity contribution is 6.42. The smallest absolute Gasteiger partial charge is 0.308 e. The number of carboxylic acid groups (broad SMARTS) is 1. The summed E-state index contributed by atoms with van der Waals surface area (Å²) in [4.78, 5) is 12.8. The van der Waals surface area contributed by atoms with Gasteiger partial charge in [0.1, 0.15) is 0 Å². The Morgan fingerprint density at radius 3 is 2.69 bits per heavy atom. The van der Waals surface area contributed by atoms with Crippen LogP contribution in [0.1, 0.15) is 6.42 Å². The van der Waals surface area contributed by atoms with Gasteiger partial charge in [-0.3, -0.25) is 4.79 Å². The number of hydrogen-bond acceptors (Lipinski definition) is 2. The molecule has 0 saturated carbocycles. The molecule has 1 unspecified atom stereocenters. The normalized spacial score (nSPS) is 20.1. The number of rotatable bonds is 2. The van der Waals surface area contributed by atoms with Crippen LogP contribution in [0.3, 0.4) is 0 Å². The lowest BCUT2D eigenvalue weighted by molar-refractivity contribution is -0.140. The van der Waals surface area contributed by atoms with E-state index in [0.717, 1.165) is 12.2 Å². The van der Waals surface area contributed by atoms with Gasteiger partial charge >= 0.3 is 5.97 Å². The second-order valence-electron chi connectivity index (χ2n) is 3.87. The van der Waals surface area contributed by atoms with Crippen molar-refractivity contribution in [2.75, 3.05) is 18.0 Å². The van der Waals surface area contributed by atoms with Crippen molar-refractivity contribution in [2.24, 2.45) is 5.92 Å². The van der Waals surface area contributed by atoms with E-state index in [-0.39, 0.29) is 5.92 Å². The summed E-state index contributed by atoms with van der Waals surface area (Å²) >= 11 is 11.7. The summed E-state index contributed by atoms with van der Waals surface area (Å²) in [5.41, 5.74) is 0.929. The average molecular weight is 260 g/mol.